The number of unbranched alkanes of at least 4 members (excludes halogenated alkanes) is 1. The summed E-state index contributed by atoms with van der Waals surface area (Å²) >= 11 is 5.60. The van der Waals surface area contributed by atoms with Gasteiger partial charge in [0, 0.05) is 18.3 Å². The maximum Gasteiger partial charge on any atom is 0.417 e. The number of halogens is 4. The van der Waals surface area contributed by atoms with Crippen LogP contribution in [0.3, 0.4) is 0 Å². The van der Waals surface area contributed by atoms with Crippen molar-refractivity contribution in [3.05, 3.63) is 41.2 Å². The first-order valence-corrected chi connectivity index (χ1v) is 7.47. The van der Waals surface area contributed by atoms with Crippen molar-refractivity contribution in [2.24, 2.45) is 0 Å². The first-order chi connectivity index (χ1) is 10.9. The molecule has 0 amide bonds. The van der Waals surface area contributed by atoms with Crippen LogP contribution in [0.15, 0.2) is 30.6 Å². The van der Waals surface area contributed by atoms with E-state index in [0.717, 1.165) is 25.5 Å². The van der Waals surface area contributed by atoms with Gasteiger partial charge in [-0.15, -0.1) is 0 Å². The lowest BCUT2D eigenvalue weighted by atomic mass is 10.2. The summed E-state index contributed by atoms with van der Waals surface area (Å²) in [5.74, 6) is 1.01. The van der Waals surface area contributed by atoms with Crippen molar-refractivity contribution in [3.63, 3.8) is 0 Å². The molecule has 1 aromatic carbocycles. The molecule has 0 saturated heterocycles. The third-order valence-corrected chi connectivity index (χ3v) is 3.38. The molecule has 0 radical (unpaired) electrons. The smallest absolute Gasteiger partial charge is 0.370 e. The van der Waals surface area contributed by atoms with Gasteiger partial charge in [0.2, 0.25) is 0 Å². The predicted octanol–water partition coefficient (Wildman–Crippen LogP) is 5.10. The number of nitrogens with one attached hydrogen (secondary N) is 2. The van der Waals surface area contributed by atoms with Crippen LogP contribution in [-0.2, 0) is 6.18 Å². The molecule has 0 unspecified atom stereocenters. The number of benzene rings is 1. The quantitative estimate of drug-likeness (QED) is 0.715. The second-order valence-electron chi connectivity index (χ2n) is 4.89. The summed E-state index contributed by atoms with van der Waals surface area (Å²) in [6.45, 7) is 2.85. The fourth-order valence-corrected chi connectivity index (χ4v) is 2.11. The van der Waals surface area contributed by atoms with Crippen molar-refractivity contribution in [2.75, 3.05) is 17.2 Å². The molecule has 0 aliphatic heterocycles. The molecule has 23 heavy (non-hydrogen) atoms. The fourth-order valence-electron chi connectivity index (χ4n) is 1.88. The van der Waals surface area contributed by atoms with Gasteiger partial charge in [-0.1, -0.05) is 24.9 Å². The second kappa shape index (κ2) is 7.50. The van der Waals surface area contributed by atoms with Crippen LogP contribution in [0.25, 0.3) is 0 Å². The topological polar surface area (TPSA) is 49.8 Å². The lowest BCUT2D eigenvalue weighted by Crippen LogP contribution is -2.07. The van der Waals surface area contributed by atoms with Crippen LogP contribution in [0.5, 0.6) is 0 Å². The molecule has 2 rings (SSSR count). The van der Waals surface area contributed by atoms with Crippen LogP contribution in [0.2, 0.25) is 5.02 Å². The normalized spacial score (nSPS) is 11.3. The van der Waals surface area contributed by atoms with Gasteiger partial charge in [-0.25, -0.2) is 9.97 Å². The first-order valence-electron chi connectivity index (χ1n) is 7.10. The highest BCUT2D eigenvalue weighted by Crippen LogP contribution is 2.36. The van der Waals surface area contributed by atoms with Crippen molar-refractivity contribution in [2.45, 2.75) is 25.9 Å². The molecule has 2 N–H and O–H groups in total. The van der Waals surface area contributed by atoms with E-state index in [1.165, 1.54) is 18.5 Å². The van der Waals surface area contributed by atoms with Crippen LogP contribution in [-0.4, -0.2) is 16.5 Å². The van der Waals surface area contributed by atoms with Crippen molar-refractivity contribution >= 4 is 28.9 Å². The van der Waals surface area contributed by atoms with Gasteiger partial charge in [0.15, 0.2) is 0 Å². The Kier molecular flexibility index (Phi) is 5.65. The maximum absolute atomic E-state index is 12.9. The summed E-state index contributed by atoms with van der Waals surface area (Å²) in [6, 6.07) is 5.25. The Labute approximate surface area is 137 Å². The van der Waals surface area contributed by atoms with Crippen molar-refractivity contribution in [1.82, 2.24) is 9.97 Å². The van der Waals surface area contributed by atoms with Gasteiger partial charge < -0.3 is 10.6 Å². The molecule has 4 nitrogen and oxygen atoms in total. The lowest BCUT2D eigenvalue weighted by molar-refractivity contribution is -0.137. The van der Waals surface area contributed by atoms with Crippen molar-refractivity contribution < 1.29 is 13.2 Å². The Bertz CT molecular complexity index is 661. The summed E-state index contributed by atoms with van der Waals surface area (Å²) in [6.07, 6.45) is -1.11. The van der Waals surface area contributed by atoms with Gasteiger partial charge in [0.1, 0.15) is 18.0 Å². The zero-order chi connectivity index (χ0) is 16.9. The van der Waals surface area contributed by atoms with Crippen LogP contribution in [0.1, 0.15) is 25.3 Å². The standard InChI is InChI=1S/C15H16ClF3N4/c1-2-3-6-20-13-8-14(22-9-21-13)23-10-4-5-12(16)11(7-10)15(17,18)19/h4-5,7-9H,2-3,6H2,1H3,(H2,20,21,22,23). The summed E-state index contributed by atoms with van der Waals surface area (Å²) < 4.78 is 38.6. The van der Waals surface area contributed by atoms with Gasteiger partial charge in [-0.2, -0.15) is 13.2 Å². The Morgan fingerprint density at radius 1 is 1.13 bits per heavy atom. The Morgan fingerprint density at radius 2 is 1.87 bits per heavy atom. The molecule has 0 atom stereocenters. The molecule has 2 aromatic rings. The van der Waals surface area contributed by atoms with Crippen LogP contribution in [0, 0.1) is 0 Å². The highest BCUT2D eigenvalue weighted by molar-refractivity contribution is 6.31. The van der Waals surface area contributed by atoms with Gasteiger partial charge in [0.05, 0.1) is 10.6 Å². The van der Waals surface area contributed by atoms with E-state index in [0.29, 0.717) is 11.6 Å². The monoisotopic (exact) mass is 344 g/mol. The highest BCUT2D eigenvalue weighted by Gasteiger charge is 2.33. The molecule has 0 saturated carbocycles. The van der Waals surface area contributed by atoms with E-state index in [4.69, 9.17) is 11.6 Å². The molecule has 1 aromatic heterocycles. The first kappa shape index (κ1) is 17.3. The number of anilines is 3. The van der Waals surface area contributed by atoms with Gasteiger partial charge in [-0.05, 0) is 24.6 Å². The molecule has 8 heteroatoms. The summed E-state index contributed by atoms with van der Waals surface area (Å²) in [7, 11) is 0. The molecule has 0 spiro atoms. The maximum atomic E-state index is 12.9. The van der Waals surface area contributed by atoms with Gasteiger partial charge in [0.25, 0.3) is 0 Å². The van der Waals surface area contributed by atoms with E-state index in [2.05, 4.69) is 27.5 Å². The molecule has 0 fully saturated rings. The number of hydrogen-bond acceptors (Lipinski definition) is 4. The minimum atomic E-state index is -4.51. The highest BCUT2D eigenvalue weighted by atomic mass is 35.5. The van der Waals surface area contributed by atoms with Crippen LogP contribution in [0.4, 0.5) is 30.5 Å². The third kappa shape index (κ3) is 4.99. The molecular formula is C15H16ClF3N4. The van der Waals surface area contributed by atoms with Crippen LogP contribution < -0.4 is 10.6 Å². The number of aromatic nitrogens is 2. The van der Waals surface area contributed by atoms with E-state index < -0.39 is 11.7 Å². The van der Waals surface area contributed by atoms with E-state index in [9.17, 15) is 13.2 Å². The summed E-state index contributed by atoms with van der Waals surface area (Å²) in [4.78, 5) is 8.06. The van der Waals surface area contributed by atoms with Crippen molar-refractivity contribution in [1.29, 1.82) is 0 Å². The van der Waals surface area contributed by atoms with E-state index >= 15 is 0 Å². The zero-order valence-electron chi connectivity index (χ0n) is 12.4. The molecule has 0 bridgehead atoms. The SMILES string of the molecule is CCCCNc1cc(Nc2ccc(Cl)c(C(F)(F)F)c2)ncn1. The summed E-state index contributed by atoms with van der Waals surface area (Å²) in [5.41, 5.74) is -0.639. The molecule has 124 valence electrons. The summed E-state index contributed by atoms with van der Waals surface area (Å²) in [5, 5.41) is 5.61. The Hall–Kier alpha value is -2.02. The average Bonchev–Trinajstić information content (AvgIpc) is 2.49. The second-order valence-corrected chi connectivity index (χ2v) is 5.29. The van der Waals surface area contributed by atoms with E-state index in [-0.39, 0.29) is 10.7 Å². The van der Waals surface area contributed by atoms with E-state index in [1.807, 2.05) is 0 Å². The fraction of sp³-hybridized carbons (Fsp3) is 0.333. The van der Waals surface area contributed by atoms with Gasteiger partial charge in [-0.3, -0.25) is 0 Å². The molecular weight excluding hydrogens is 329 g/mol. The van der Waals surface area contributed by atoms with Gasteiger partial charge >= 0.3 is 6.18 Å². The largest absolute Gasteiger partial charge is 0.417 e. The lowest BCUT2D eigenvalue weighted by Gasteiger charge is -2.12. The molecule has 1 heterocycles. The predicted molar refractivity (Wildman–Crippen MR) is 85.2 cm³/mol. The zero-order valence-corrected chi connectivity index (χ0v) is 13.2. The Morgan fingerprint density at radius 3 is 2.57 bits per heavy atom. The number of alkyl halides is 3. The number of nitrogens with zero attached hydrogens (tertiary/aromatic N) is 2. The number of hydrogen-bond donors (Lipinski definition) is 2. The third-order valence-electron chi connectivity index (χ3n) is 3.05. The van der Waals surface area contributed by atoms with Crippen LogP contribution >= 0.6 is 11.6 Å². The average molecular weight is 345 g/mol. The Balaban J connectivity index is 2.14. The molecule has 0 aliphatic carbocycles. The minimum absolute atomic E-state index is 0.250. The minimum Gasteiger partial charge on any atom is -0.370 e. The van der Waals surface area contributed by atoms with Crippen molar-refractivity contribution in [3.8, 4) is 0 Å². The molecule has 0 aliphatic rings. The number of rotatable bonds is 6. The van der Waals surface area contributed by atoms with E-state index in [1.54, 1.807) is 6.07 Å².